The molecule has 0 N–H and O–H groups in total. The van der Waals surface area contributed by atoms with E-state index in [2.05, 4.69) is 0 Å². The largest absolute Gasteiger partial charge is 0.493 e. The van der Waals surface area contributed by atoms with Gasteiger partial charge in [0.05, 0.1) is 31.1 Å². The van der Waals surface area contributed by atoms with E-state index in [-0.39, 0.29) is 35.7 Å². The smallest absolute Gasteiger partial charge is 0.317 e. The number of hydrogen-bond acceptors (Lipinski definition) is 8. The Morgan fingerprint density at radius 3 is 2.23 bits per heavy atom. The standard InChI is InChI=1S/C31H33NO7S/c1-36-23-5-3-4-6-24(23)38-10-9-32-28(33)27(40-30(32)35)15-19-7-8-25(26(14-19)37-2)39-29(34)31-16-20-11-21(17-31)13-22(12-20)18-31/h3-8,14-15,20-22H,9-13,16-18H2,1-2H3/b27-15-. The molecule has 0 aromatic heterocycles. The number of carbonyl (C=O) groups excluding carboxylic acids is 3. The van der Waals surface area contributed by atoms with Crippen molar-refractivity contribution in [3.63, 3.8) is 0 Å². The van der Waals surface area contributed by atoms with E-state index in [9.17, 15) is 14.4 Å². The number of benzene rings is 2. The quantitative estimate of drug-likeness (QED) is 0.210. The number of rotatable bonds is 9. The maximum Gasteiger partial charge on any atom is 0.317 e. The Balaban J connectivity index is 1.11. The van der Waals surface area contributed by atoms with Crippen molar-refractivity contribution in [1.29, 1.82) is 0 Å². The third-order valence-electron chi connectivity index (χ3n) is 8.67. The summed E-state index contributed by atoms with van der Waals surface area (Å²) in [6.07, 6.45) is 8.20. The maximum atomic E-state index is 13.4. The first-order valence-electron chi connectivity index (χ1n) is 13.8. The lowest BCUT2D eigenvalue weighted by atomic mass is 9.49. The average molecular weight is 564 g/mol. The Bertz CT molecular complexity index is 1330. The van der Waals surface area contributed by atoms with Crippen molar-refractivity contribution < 1.29 is 33.3 Å². The highest BCUT2D eigenvalue weighted by atomic mass is 32.2. The topological polar surface area (TPSA) is 91.4 Å². The highest BCUT2D eigenvalue weighted by Crippen LogP contribution is 2.60. The number of carbonyl (C=O) groups is 3. The lowest BCUT2D eigenvalue weighted by molar-refractivity contribution is -0.161. The van der Waals surface area contributed by atoms with Crippen molar-refractivity contribution in [3.05, 3.63) is 52.9 Å². The van der Waals surface area contributed by atoms with Crippen LogP contribution in [0, 0.1) is 23.2 Å². The van der Waals surface area contributed by atoms with Crippen LogP contribution in [-0.2, 0) is 9.59 Å². The predicted molar refractivity (Wildman–Crippen MR) is 150 cm³/mol. The fraction of sp³-hybridized carbons (Fsp3) is 0.452. The van der Waals surface area contributed by atoms with Gasteiger partial charge in [-0.2, -0.15) is 0 Å². The van der Waals surface area contributed by atoms with Gasteiger partial charge in [-0.15, -0.1) is 0 Å². The Labute approximate surface area is 238 Å². The van der Waals surface area contributed by atoms with Crippen LogP contribution in [0.1, 0.15) is 44.1 Å². The number of ether oxygens (including phenoxy) is 4. The molecule has 0 spiro atoms. The number of nitrogens with zero attached hydrogens (tertiary/aromatic N) is 1. The summed E-state index contributed by atoms with van der Waals surface area (Å²) in [5, 5.41) is -0.354. The normalized spacial score (nSPS) is 27.8. The molecule has 2 aromatic carbocycles. The van der Waals surface area contributed by atoms with E-state index in [4.69, 9.17) is 18.9 Å². The minimum absolute atomic E-state index is 0.114. The van der Waals surface area contributed by atoms with E-state index in [1.165, 1.54) is 31.3 Å². The highest BCUT2D eigenvalue weighted by Gasteiger charge is 2.55. The van der Waals surface area contributed by atoms with E-state index < -0.39 is 0 Å². The van der Waals surface area contributed by atoms with Crippen molar-refractivity contribution >= 4 is 35.0 Å². The molecule has 2 aromatic rings. The van der Waals surface area contributed by atoms with Gasteiger partial charge in [-0.25, -0.2) is 0 Å². The summed E-state index contributed by atoms with van der Waals surface area (Å²) in [5.41, 5.74) is 0.300. The van der Waals surface area contributed by atoms with Crippen LogP contribution in [0.3, 0.4) is 0 Å². The summed E-state index contributed by atoms with van der Waals surface area (Å²) in [5.74, 6) is 3.33. The van der Waals surface area contributed by atoms with Crippen molar-refractivity contribution in [2.45, 2.75) is 38.5 Å². The zero-order valence-electron chi connectivity index (χ0n) is 22.7. The van der Waals surface area contributed by atoms with Crippen molar-refractivity contribution in [2.24, 2.45) is 23.2 Å². The molecule has 0 radical (unpaired) electrons. The summed E-state index contributed by atoms with van der Waals surface area (Å²) in [7, 11) is 3.08. The third kappa shape index (κ3) is 5.07. The maximum absolute atomic E-state index is 13.4. The Morgan fingerprint density at radius 2 is 1.57 bits per heavy atom. The van der Waals surface area contributed by atoms with Crippen LogP contribution < -0.4 is 18.9 Å². The van der Waals surface area contributed by atoms with Gasteiger partial charge in [0.2, 0.25) is 0 Å². The number of methoxy groups -OCH3 is 2. The monoisotopic (exact) mass is 563 g/mol. The molecule has 1 saturated heterocycles. The Hall–Kier alpha value is -3.46. The van der Waals surface area contributed by atoms with Gasteiger partial charge in [-0.1, -0.05) is 18.2 Å². The van der Waals surface area contributed by atoms with E-state index in [1.807, 2.05) is 12.1 Å². The number of thioether (sulfide) groups is 1. The minimum Gasteiger partial charge on any atom is -0.493 e. The van der Waals surface area contributed by atoms with E-state index in [0.29, 0.717) is 51.2 Å². The first-order chi connectivity index (χ1) is 19.4. The van der Waals surface area contributed by atoms with Gasteiger partial charge in [0, 0.05) is 0 Å². The first-order valence-corrected chi connectivity index (χ1v) is 14.6. The number of imide groups is 1. The van der Waals surface area contributed by atoms with Gasteiger partial charge in [0.1, 0.15) is 6.61 Å². The molecule has 5 fully saturated rings. The SMILES string of the molecule is COc1ccccc1OCCN1C(=O)S/C(=C\c2ccc(OC(=O)C34CC5CC(CC(C5)C3)C4)c(OC)c2)C1=O. The number of hydrogen-bond donors (Lipinski definition) is 0. The molecule has 0 atom stereocenters. The van der Waals surface area contributed by atoms with Crippen molar-refractivity contribution in [1.82, 2.24) is 4.90 Å². The molecule has 4 aliphatic carbocycles. The lowest BCUT2D eigenvalue weighted by Crippen LogP contribution is -2.51. The molecule has 0 unspecified atom stereocenters. The van der Waals surface area contributed by atoms with Gasteiger partial charge < -0.3 is 18.9 Å². The number of amides is 2. The molecule has 4 bridgehead atoms. The second-order valence-corrected chi connectivity index (χ2v) is 12.3. The second kappa shape index (κ2) is 10.8. The molecule has 5 aliphatic rings. The van der Waals surface area contributed by atoms with E-state index in [1.54, 1.807) is 43.5 Å². The fourth-order valence-electron chi connectivity index (χ4n) is 7.26. The molecular formula is C31H33NO7S. The molecule has 4 saturated carbocycles. The van der Waals surface area contributed by atoms with Crippen LogP contribution in [0.4, 0.5) is 4.79 Å². The van der Waals surface area contributed by atoms with Gasteiger partial charge >= 0.3 is 5.97 Å². The summed E-state index contributed by atoms with van der Waals surface area (Å²) < 4.78 is 22.5. The van der Waals surface area contributed by atoms with E-state index >= 15 is 0 Å². The van der Waals surface area contributed by atoms with Gasteiger partial charge in [-0.05, 0) is 104 Å². The summed E-state index contributed by atoms with van der Waals surface area (Å²) in [6, 6.07) is 12.4. The average Bonchev–Trinajstić information content (AvgIpc) is 3.20. The second-order valence-electron chi connectivity index (χ2n) is 11.3. The van der Waals surface area contributed by atoms with Crippen molar-refractivity contribution in [3.8, 4) is 23.0 Å². The van der Waals surface area contributed by atoms with Crippen LogP contribution >= 0.6 is 11.8 Å². The molecule has 210 valence electrons. The number of para-hydroxylation sites is 2. The third-order valence-corrected chi connectivity index (χ3v) is 9.58. The molecule has 1 aliphatic heterocycles. The van der Waals surface area contributed by atoms with E-state index in [0.717, 1.165) is 31.0 Å². The van der Waals surface area contributed by atoms with Crippen LogP contribution in [0.2, 0.25) is 0 Å². The van der Waals surface area contributed by atoms with Crippen molar-refractivity contribution in [2.75, 3.05) is 27.4 Å². The first kappa shape index (κ1) is 26.7. The lowest BCUT2D eigenvalue weighted by Gasteiger charge is -2.55. The predicted octanol–water partition coefficient (Wildman–Crippen LogP) is 5.94. The molecule has 1 heterocycles. The fourth-order valence-corrected chi connectivity index (χ4v) is 8.12. The Morgan fingerprint density at radius 1 is 0.925 bits per heavy atom. The van der Waals surface area contributed by atoms with Crippen LogP contribution in [0.15, 0.2) is 47.4 Å². The molecule has 9 heteroatoms. The summed E-state index contributed by atoms with van der Waals surface area (Å²) in [4.78, 5) is 40.5. The van der Waals surface area contributed by atoms with Gasteiger partial charge in [0.15, 0.2) is 23.0 Å². The molecule has 7 rings (SSSR count). The van der Waals surface area contributed by atoms with Gasteiger partial charge in [-0.3, -0.25) is 19.3 Å². The Kier molecular flexibility index (Phi) is 7.25. The van der Waals surface area contributed by atoms with Crippen LogP contribution in [0.25, 0.3) is 6.08 Å². The van der Waals surface area contributed by atoms with Gasteiger partial charge in [0.25, 0.3) is 11.1 Å². The van der Waals surface area contributed by atoms with Crippen LogP contribution in [0.5, 0.6) is 23.0 Å². The van der Waals surface area contributed by atoms with Crippen LogP contribution in [-0.4, -0.2) is 49.4 Å². The molecular weight excluding hydrogens is 530 g/mol. The zero-order valence-corrected chi connectivity index (χ0v) is 23.5. The highest BCUT2D eigenvalue weighted by molar-refractivity contribution is 8.18. The minimum atomic E-state index is -0.380. The summed E-state index contributed by atoms with van der Waals surface area (Å²) >= 11 is 0.883. The number of esters is 1. The molecule has 2 amide bonds. The molecule has 40 heavy (non-hydrogen) atoms. The zero-order chi connectivity index (χ0) is 27.9. The summed E-state index contributed by atoms with van der Waals surface area (Å²) in [6.45, 7) is 0.256. The molecule has 8 nitrogen and oxygen atoms in total.